The largest absolute Gasteiger partial charge is 0.343 e. The van der Waals surface area contributed by atoms with Crippen molar-refractivity contribution in [2.75, 3.05) is 17.2 Å². The molecule has 0 fully saturated rings. The topological polar surface area (TPSA) is 87.3 Å². The van der Waals surface area contributed by atoms with Gasteiger partial charge in [-0.15, -0.1) is 0 Å². The van der Waals surface area contributed by atoms with E-state index in [0.717, 1.165) is 11.3 Å². The van der Waals surface area contributed by atoms with Crippen molar-refractivity contribution in [3.63, 3.8) is 0 Å². The van der Waals surface area contributed by atoms with Crippen molar-refractivity contribution in [1.29, 1.82) is 0 Å². The third kappa shape index (κ3) is 3.78. The average molecular weight is 323 g/mol. The van der Waals surface area contributed by atoms with E-state index in [0.29, 0.717) is 24.1 Å². The SMILES string of the molecule is O=C(CNC(=O)c1ccccc1)Nc1ccc2c(c1)CCC(=O)N2. The molecule has 0 atom stereocenters. The molecule has 0 spiro atoms. The predicted octanol–water partition coefficient (Wildman–Crippen LogP) is 1.94. The monoisotopic (exact) mass is 323 g/mol. The van der Waals surface area contributed by atoms with Crippen LogP contribution in [0.5, 0.6) is 0 Å². The van der Waals surface area contributed by atoms with Gasteiger partial charge in [0, 0.05) is 23.4 Å². The second kappa shape index (κ2) is 6.95. The Morgan fingerprint density at radius 2 is 1.83 bits per heavy atom. The van der Waals surface area contributed by atoms with Gasteiger partial charge in [0.15, 0.2) is 0 Å². The molecule has 0 unspecified atom stereocenters. The standard InChI is InChI=1S/C18H17N3O3/c22-16-9-6-13-10-14(7-8-15(13)21-16)20-17(23)11-19-18(24)12-4-2-1-3-5-12/h1-5,7-8,10H,6,9,11H2,(H,19,24)(H,20,23)(H,21,22). The zero-order valence-electron chi connectivity index (χ0n) is 13.0. The fourth-order valence-electron chi connectivity index (χ4n) is 2.52. The zero-order chi connectivity index (χ0) is 16.9. The van der Waals surface area contributed by atoms with Crippen molar-refractivity contribution in [2.24, 2.45) is 0 Å². The quantitative estimate of drug-likeness (QED) is 0.803. The maximum Gasteiger partial charge on any atom is 0.251 e. The lowest BCUT2D eigenvalue weighted by atomic mass is 10.0. The van der Waals surface area contributed by atoms with Gasteiger partial charge in [0.05, 0.1) is 6.54 Å². The van der Waals surface area contributed by atoms with Crippen molar-refractivity contribution < 1.29 is 14.4 Å². The number of anilines is 2. The first-order chi connectivity index (χ1) is 11.6. The predicted molar refractivity (Wildman–Crippen MR) is 90.8 cm³/mol. The van der Waals surface area contributed by atoms with Gasteiger partial charge in [-0.05, 0) is 42.3 Å². The molecule has 1 heterocycles. The smallest absolute Gasteiger partial charge is 0.251 e. The van der Waals surface area contributed by atoms with E-state index in [-0.39, 0.29) is 24.3 Å². The van der Waals surface area contributed by atoms with Crippen LogP contribution in [-0.2, 0) is 16.0 Å². The highest BCUT2D eigenvalue weighted by molar-refractivity contribution is 6.00. The van der Waals surface area contributed by atoms with Gasteiger partial charge >= 0.3 is 0 Å². The Bertz CT molecular complexity index is 787. The van der Waals surface area contributed by atoms with E-state index in [1.165, 1.54) is 0 Å². The molecule has 1 aliphatic heterocycles. The molecule has 0 saturated heterocycles. The van der Waals surface area contributed by atoms with Gasteiger partial charge in [-0.1, -0.05) is 18.2 Å². The van der Waals surface area contributed by atoms with Crippen molar-refractivity contribution >= 4 is 29.1 Å². The highest BCUT2D eigenvalue weighted by Crippen LogP contribution is 2.25. The Labute approximate surface area is 139 Å². The molecule has 24 heavy (non-hydrogen) atoms. The Balaban J connectivity index is 1.55. The number of carbonyl (C=O) groups excluding carboxylic acids is 3. The number of carbonyl (C=O) groups is 3. The summed E-state index contributed by atoms with van der Waals surface area (Å²) in [6.07, 6.45) is 1.09. The second-order valence-corrected chi connectivity index (χ2v) is 5.52. The normalized spacial score (nSPS) is 12.8. The molecule has 2 aromatic rings. The summed E-state index contributed by atoms with van der Waals surface area (Å²) in [5.41, 5.74) is 2.92. The summed E-state index contributed by atoms with van der Waals surface area (Å²) in [6, 6.07) is 14.1. The lowest BCUT2D eigenvalue weighted by molar-refractivity contribution is -0.116. The van der Waals surface area contributed by atoms with Crippen molar-refractivity contribution in [3.8, 4) is 0 Å². The number of fused-ring (bicyclic) bond motifs is 1. The van der Waals surface area contributed by atoms with Crippen LogP contribution in [-0.4, -0.2) is 24.3 Å². The molecule has 3 N–H and O–H groups in total. The van der Waals surface area contributed by atoms with Crippen LogP contribution >= 0.6 is 0 Å². The lowest BCUT2D eigenvalue weighted by Crippen LogP contribution is -2.32. The molecule has 3 rings (SSSR count). The van der Waals surface area contributed by atoms with Gasteiger partial charge in [-0.2, -0.15) is 0 Å². The molecular weight excluding hydrogens is 306 g/mol. The molecule has 1 aliphatic rings. The van der Waals surface area contributed by atoms with E-state index < -0.39 is 0 Å². The summed E-state index contributed by atoms with van der Waals surface area (Å²) in [7, 11) is 0. The summed E-state index contributed by atoms with van der Waals surface area (Å²) in [4.78, 5) is 35.2. The van der Waals surface area contributed by atoms with E-state index in [1.807, 2.05) is 12.1 Å². The van der Waals surface area contributed by atoms with Crippen LogP contribution in [0.15, 0.2) is 48.5 Å². The van der Waals surface area contributed by atoms with Gasteiger partial charge in [0.1, 0.15) is 0 Å². The van der Waals surface area contributed by atoms with Gasteiger partial charge in [-0.25, -0.2) is 0 Å². The number of hydrogen-bond acceptors (Lipinski definition) is 3. The molecule has 0 saturated carbocycles. The highest BCUT2D eigenvalue weighted by Gasteiger charge is 2.15. The Morgan fingerprint density at radius 3 is 2.62 bits per heavy atom. The van der Waals surface area contributed by atoms with Crippen LogP contribution < -0.4 is 16.0 Å². The van der Waals surface area contributed by atoms with Crippen molar-refractivity contribution in [3.05, 3.63) is 59.7 Å². The molecule has 0 radical (unpaired) electrons. The van der Waals surface area contributed by atoms with E-state index in [2.05, 4.69) is 16.0 Å². The number of rotatable bonds is 4. The van der Waals surface area contributed by atoms with E-state index in [4.69, 9.17) is 0 Å². The summed E-state index contributed by atoms with van der Waals surface area (Å²) < 4.78 is 0. The molecule has 3 amide bonds. The van der Waals surface area contributed by atoms with Crippen LogP contribution in [0.4, 0.5) is 11.4 Å². The number of benzene rings is 2. The lowest BCUT2D eigenvalue weighted by Gasteiger charge is -2.17. The molecule has 6 heteroatoms. The minimum absolute atomic E-state index is 0.00269. The van der Waals surface area contributed by atoms with Crippen molar-refractivity contribution in [2.45, 2.75) is 12.8 Å². The maximum absolute atomic E-state index is 12.0. The third-order valence-corrected chi connectivity index (χ3v) is 3.73. The van der Waals surface area contributed by atoms with E-state index >= 15 is 0 Å². The molecular formula is C18H17N3O3. The fourth-order valence-corrected chi connectivity index (χ4v) is 2.52. The molecule has 122 valence electrons. The Hall–Kier alpha value is -3.15. The van der Waals surface area contributed by atoms with Crippen LogP contribution in [0.2, 0.25) is 0 Å². The minimum atomic E-state index is -0.306. The van der Waals surface area contributed by atoms with Crippen LogP contribution in [0.1, 0.15) is 22.3 Å². The molecule has 0 aliphatic carbocycles. The summed E-state index contributed by atoms with van der Waals surface area (Å²) in [5.74, 6) is -0.596. The first-order valence-corrected chi connectivity index (χ1v) is 7.68. The Morgan fingerprint density at radius 1 is 1.04 bits per heavy atom. The zero-order valence-corrected chi connectivity index (χ0v) is 13.0. The van der Waals surface area contributed by atoms with Gasteiger partial charge in [0.2, 0.25) is 11.8 Å². The highest BCUT2D eigenvalue weighted by atomic mass is 16.2. The van der Waals surface area contributed by atoms with Crippen LogP contribution in [0.25, 0.3) is 0 Å². The van der Waals surface area contributed by atoms with Gasteiger partial charge in [-0.3, -0.25) is 14.4 Å². The summed E-state index contributed by atoms with van der Waals surface area (Å²) >= 11 is 0. The number of amides is 3. The van der Waals surface area contributed by atoms with Crippen LogP contribution in [0.3, 0.4) is 0 Å². The first-order valence-electron chi connectivity index (χ1n) is 7.68. The molecule has 0 aromatic heterocycles. The first kappa shape index (κ1) is 15.7. The van der Waals surface area contributed by atoms with E-state index in [1.54, 1.807) is 36.4 Å². The Kier molecular flexibility index (Phi) is 4.56. The number of nitrogens with one attached hydrogen (secondary N) is 3. The second-order valence-electron chi connectivity index (χ2n) is 5.52. The van der Waals surface area contributed by atoms with Gasteiger partial charge in [0.25, 0.3) is 5.91 Å². The number of aryl methyl sites for hydroxylation is 1. The molecule has 6 nitrogen and oxygen atoms in total. The number of hydrogen-bond donors (Lipinski definition) is 3. The average Bonchev–Trinajstić information content (AvgIpc) is 2.60. The van der Waals surface area contributed by atoms with Gasteiger partial charge < -0.3 is 16.0 Å². The minimum Gasteiger partial charge on any atom is -0.343 e. The fraction of sp³-hybridized carbons (Fsp3) is 0.167. The third-order valence-electron chi connectivity index (χ3n) is 3.73. The van der Waals surface area contributed by atoms with Crippen molar-refractivity contribution in [1.82, 2.24) is 5.32 Å². The molecule has 0 bridgehead atoms. The molecule has 2 aromatic carbocycles. The maximum atomic E-state index is 12.0. The summed E-state index contributed by atoms with van der Waals surface area (Å²) in [5, 5.41) is 8.11. The summed E-state index contributed by atoms with van der Waals surface area (Å²) in [6.45, 7) is -0.110. The van der Waals surface area contributed by atoms with Crippen LogP contribution in [0, 0.1) is 0 Å². The van der Waals surface area contributed by atoms with E-state index in [9.17, 15) is 14.4 Å².